The fraction of sp³-hybridized carbons (Fsp3) is 0.261. The van der Waals surface area contributed by atoms with E-state index in [4.69, 9.17) is 15.2 Å². The van der Waals surface area contributed by atoms with Crippen LogP contribution in [0.5, 0.6) is 11.5 Å². The van der Waals surface area contributed by atoms with Gasteiger partial charge in [0.1, 0.15) is 0 Å². The van der Waals surface area contributed by atoms with Crippen molar-refractivity contribution in [2.75, 3.05) is 20.8 Å². The fourth-order valence-corrected chi connectivity index (χ4v) is 3.26. The first kappa shape index (κ1) is 19.7. The third kappa shape index (κ3) is 4.61. The van der Waals surface area contributed by atoms with Crippen LogP contribution < -0.4 is 20.5 Å². The van der Waals surface area contributed by atoms with E-state index in [1.165, 1.54) is 5.39 Å². The Bertz CT molecular complexity index is 955. The van der Waals surface area contributed by atoms with Gasteiger partial charge in [-0.15, -0.1) is 0 Å². The molecule has 28 heavy (non-hydrogen) atoms. The van der Waals surface area contributed by atoms with Gasteiger partial charge in [0.2, 0.25) is 5.91 Å². The minimum Gasteiger partial charge on any atom is -0.493 e. The van der Waals surface area contributed by atoms with E-state index in [1.807, 2.05) is 36.4 Å². The average molecular weight is 378 g/mol. The maximum atomic E-state index is 12.5. The number of hydrogen-bond donors (Lipinski definition) is 2. The van der Waals surface area contributed by atoms with Gasteiger partial charge in [-0.2, -0.15) is 0 Å². The van der Waals surface area contributed by atoms with Crippen molar-refractivity contribution < 1.29 is 14.3 Å². The summed E-state index contributed by atoms with van der Waals surface area (Å²) in [6, 6.07) is 19.8. The van der Waals surface area contributed by atoms with Crippen molar-refractivity contribution in [2.45, 2.75) is 18.9 Å². The SMILES string of the molecule is COc1ccc(CCC(=O)NC(CN)c2ccc3ccccc3c2)cc1OC. The lowest BCUT2D eigenvalue weighted by molar-refractivity contribution is -0.121. The number of benzene rings is 3. The van der Waals surface area contributed by atoms with Gasteiger partial charge in [-0.1, -0.05) is 42.5 Å². The zero-order valence-corrected chi connectivity index (χ0v) is 16.3. The molecule has 1 atom stereocenters. The summed E-state index contributed by atoms with van der Waals surface area (Å²) in [7, 11) is 3.20. The van der Waals surface area contributed by atoms with Gasteiger partial charge >= 0.3 is 0 Å². The van der Waals surface area contributed by atoms with Gasteiger partial charge in [-0.3, -0.25) is 4.79 Å². The van der Waals surface area contributed by atoms with Gasteiger partial charge in [0.25, 0.3) is 0 Å². The summed E-state index contributed by atoms with van der Waals surface area (Å²) in [5, 5.41) is 5.35. The second kappa shape index (κ2) is 9.24. The molecule has 3 aromatic rings. The number of methoxy groups -OCH3 is 2. The lowest BCUT2D eigenvalue weighted by Crippen LogP contribution is -2.33. The first-order valence-electron chi connectivity index (χ1n) is 9.33. The number of hydrogen-bond acceptors (Lipinski definition) is 4. The van der Waals surface area contributed by atoms with E-state index >= 15 is 0 Å². The molecular formula is C23H26N2O3. The molecule has 0 aliphatic heterocycles. The molecule has 1 amide bonds. The Morgan fingerprint density at radius 3 is 2.43 bits per heavy atom. The Hall–Kier alpha value is -3.05. The Balaban J connectivity index is 1.63. The van der Waals surface area contributed by atoms with E-state index < -0.39 is 0 Å². The highest BCUT2D eigenvalue weighted by Gasteiger charge is 2.14. The predicted molar refractivity (Wildman–Crippen MR) is 112 cm³/mol. The molecule has 0 radical (unpaired) electrons. The molecule has 5 nitrogen and oxygen atoms in total. The molecule has 5 heteroatoms. The molecule has 3 N–H and O–H groups in total. The van der Waals surface area contributed by atoms with Crippen LogP contribution in [0.2, 0.25) is 0 Å². The molecule has 0 aliphatic rings. The Morgan fingerprint density at radius 1 is 0.964 bits per heavy atom. The number of nitrogens with one attached hydrogen (secondary N) is 1. The number of rotatable bonds is 8. The van der Waals surface area contributed by atoms with Crippen molar-refractivity contribution in [1.82, 2.24) is 5.32 Å². The Morgan fingerprint density at radius 2 is 1.71 bits per heavy atom. The molecule has 1 unspecified atom stereocenters. The van der Waals surface area contributed by atoms with E-state index in [0.29, 0.717) is 30.9 Å². The Labute approximate surface area is 165 Å². The second-order valence-electron chi connectivity index (χ2n) is 6.65. The quantitative estimate of drug-likeness (QED) is 0.628. The lowest BCUT2D eigenvalue weighted by atomic mass is 10.0. The second-order valence-corrected chi connectivity index (χ2v) is 6.65. The van der Waals surface area contributed by atoms with Crippen molar-refractivity contribution in [3.05, 3.63) is 71.8 Å². The molecule has 0 spiro atoms. The molecule has 3 aromatic carbocycles. The molecule has 146 valence electrons. The van der Waals surface area contributed by atoms with Crippen LogP contribution in [-0.4, -0.2) is 26.7 Å². The minimum atomic E-state index is -0.206. The minimum absolute atomic E-state index is 0.0293. The normalized spacial score (nSPS) is 11.8. The number of carbonyl (C=O) groups excluding carboxylic acids is 1. The van der Waals surface area contributed by atoms with E-state index in [-0.39, 0.29) is 11.9 Å². The molecule has 0 saturated carbocycles. The summed E-state index contributed by atoms with van der Waals surface area (Å²) in [5.41, 5.74) is 7.96. The molecular weight excluding hydrogens is 352 g/mol. The highest BCUT2D eigenvalue weighted by Crippen LogP contribution is 2.28. The van der Waals surface area contributed by atoms with Crippen molar-refractivity contribution in [3.8, 4) is 11.5 Å². The highest BCUT2D eigenvalue weighted by atomic mass is 16.5. The predicted octanol–water partition coefficient (Wildman–Crippen LogP) is 3.61. The van der Waals surface area contributed by atoms with Crippen LogP contribution in [0.3, 0.4) is 0 Å². The van der Waals surface area contributed by atoms with E-state index in [2.05, 4.69) is 29.6 Å². The van der Waals surface area contributed by atoms with Crippen LogP contribution in [0.4, 0.5) is 0 Å². The van der Waals surface area contributed by atoms with Crippen LogP contribution in [0.15, 0.2) is 60.7 Å². The number of amides is 1. The summed E-state index contributed by atoms with van der Waals surface area (Å²) >= 11 is 0. The molecule has 0 aliphatic carbocycles. The smallest absolute Gasteiger partial charge is 0.220 e. The highest BCUT2D eigenvalue weighted by molar-refractivity contribution is 5.83. The maximum Gasteiger partial charge on any atom is 0.220 e. The Kier molecular flexibility index (Phi) is 6.50. The number of fused-ring (bicyclic) bond motifs is 1. The van der Waals surface area contributed by atoms with Crippen LogP contribution in [-0.2, 0) is 11.2 Å². The van der Waals surface area contributed by atoms with Gasteiger partial charge < -0.3 is 20.5 Å². The molecule has 0 fully saturated rings. The zero-order chi connectivity index (χ0) is 19.9. The van der Waals surface area contributed by atoms with Gasteiger partial charge in [0.05, 0.1) is 20.3 Å². The number of nitrogens with two attached hydrogens (primary N) is 1. The van der Waals surface area contributed by atoms with Crippen LogP contribution in [0.25, 0.3) is 10.8 Å². The third-order valence-electron chi connectivity index (χ3n) is 4.84. The van der Waals surface area contributed by atoms with Crippen molar-refractivity contribution in [2.24, 2.45) is 5.73 Å². The summed E-state index contributed by atoms with van der Waals surface area (Å²) in [6.45, 7) is 0.348. The largest absolute Gasteiger partial charge is 0.493 e. The summed E-state index contributed by atoms with van der Waals surface area (Å²) in [4.78, 5) is 12.5. The van der Waals surface area contributed by atoms with Crippen molar-refractivity contribution >= 4 is 16.7 Å². The molecule has 3 rings (SSSR count). The lowest BCUT2D eigenvalue weighted by Gasteiger charge is -2.18. The maximum absolute atomic E-state index is 12.5. The summed E-state index contributed by atoms with van der Waals surface area (Å²) in [6.07, 6.45) is 0.987. The van der Waals surface area contributed by atoms with Crippen LogP contribution in [0, 0.1) is 0 Å². The third-order valence-corrected chi connectivity index (χ3v) is 4.84. The van der Waals surface area contributed by atoms with Gasteiger partial charge in [-0.25, -0.2) is 0 Å². The van der Waals surface area contributed by atoms with E-state index in [0.717, 1.165) is 16.5 Å². The molecule has 0 bridgehead atoms. The standard InChI is InChI=1S/C23H26N2O3/c1-27-21-11-7-16(13-22(21)28-2)8-12-23(26)25-20(15-24)19-10-9-17-5-3-4-6-18(17)14-19/h3-7,9-11,13-14,20H,8,12,15,24H2,1-2H3,(H,25,26). The van der Waals surface area contributed by atoms with Crippen molar-refractivity contribution in [3.63, 3.8) is 0 Å². The topological polar surface area (TPSA) is 73.6 Å². The van der Waals surface area contributed by atoms with Crippen molar-refractivity contribution in [1.29, 1.82) is 0 Å². The molecule has 0 aromatic heterocycles. The first-order valence-corrected chi connectivity index (χ1v) is 9.33. The molecule has 0 heterocycles. The fourth-order valence-electron chi connectivity index (χ4n) is 3.26. The summed E-state index contributed by atoms with van der Waals surface area (Å²) in [5.74, 6) is 1.31. The van der Waals surface area contributed by atoms with Gasteiger partial charge in [0.15, 0.2) is 11.5 Å². The van der Waals surface area contributed by atoms with E-state index in [1.54, 1.807) is 14.2 Å². The summed E-state index contributed by atoms with van der Waals surface area (Å²) < 4.78 is 10.6. The number of aryl methyl sites for hydroxylation is 1. The first-order chi connectivity index (χ1) is 13.6. The average Bonchev–Trinajstić information content (AvgIpc) is 2.75. The zero-order valence-electron chi connectivity index (χ0n) is 16.3. The van der Waals surface area contributed by atoms with Gasteiger partial charge in [-0.05, 0) is 46.5 Å². The van der Waals surface area contributed by atoms with E-state index in [9.17, 15) is 4.79 Å². The van der Waals surface area contributed by atoms with Gasteiger partial charge in [0, 0.05) is 13.0 Å². The number of carbonyl (C=O) groups is 1. The number of ether oxygens (including phenoxy) is 2. The molecule has 0 saturated heterocycles. The van der Waals surface area contributed by atoms with Crippen LogP contribution in [0.1, 0.15) is 23.6 Å². The van der Waals surface area contributed by atoms with Crippen LogP contribution >= 0.6 is 0 Å². The monoisotopic (exact) mass is 378 g/mol.